The van der Waals surface area contributed by atoms with E-state index in [-0.39, 0.29) is 36.2 Å². The standard InChI is InChI=1S/C28H37NO5Si/c1-28(2,3)35(24-13-6-4-7-14-24,25-15-8-5-9-16-25)33-19-17-22-11-10-12-23(34-22)21-26(30)29-18-20-32-27(29)31/h4-9,13-16,22-23H,10-12,17-21H2,1-3H3/t22-,23+/m1/s1. The summed E-state index contributed by atoms with van der Waals surface area (Å²) >= 11 is 0. The van der Waals surface area contributed by atoms with Crippen molar-refractivity contribution in [2.24, 2.45) is 0 Å². The summed E-state index contributed by atoms with van der Waals surface area (Å²) in [5.41, 5.74) is 0. The van der Waals surface area contributed by atoms with Gasteiger partial charge < -0.3 is 13.9 Å². The smallest absolute Gasteiger partial charge is 0.416 e. The first-order chi connectivity index (χ1) is 16.8. The van der Waals surface area contributed by atoms with E-state index in [1.807, 2.05) is 0 Å². The topological polar surface area (TPSA) is 65.1 Å². The fourth-order valence-corrected chi connectivity index (χ4v) is 9.95. The molecule has 2 amide bonds. The summed E-state index contributed by atoms with van der Waals surface area (Å²) in [5.74, 6) is -0.207. The average molecular weight is 496 g/mol. The van der Waals surface area contributed by atoms with Crippen LogP contribution >= 0.6 is 0 Å². The number of cyclic esters (lactones) is 1. The highest BCUT2D eigenvalue weighted by Crippen LogP contribution is 2.37. The van der Waals surface area contributed by atoms with Gasteiger partial charge in [-0.2, -0.15) is 0 Å². The molecule has 0 N–H and O–H groups in total. The molecule has 4 rings (SSSR count). The number of amides is 2. The van der Waals surface area contributed by atoms with Crippen molar-refractivity contribution in [3.05, 3.63) is 60.7 Å². The van der Waals surface area contributed by atoms with Crippen LogP contribution in [0.25, 0.3) is 0 Å². The molecule has 188 valence electrons. The number of hydrogen-bond acceptors (Lipinski definition) is 5. The van der Waals surface area contributed by atoms with Crippen molar-refractivity contribution in [2.75, 3.05) is 19.8 Å². The summed E-state index contributed by atoms with van der Waals surface area (Å²) in [4.78, 5) is 25.4. The summed E-state index contributed by atoms with van der Waals surface area (Å²) < 4.78 is 18.2. The Labute approximate surface area is 209 Å². The Morgan fingerprint density at radius 3 is 2.14 bits per heavy atom. The van der Waals surface area contributed by atoms with Gasteiger partial charge in [-0.1, -0.05) is 81.4 Å². The maximum absolute atomic E-state index is 12.5. The summed E-state index contributed by atoms with van der Waals surface area (Å²) in [6.45, 7) is 8.04. The van der Waals surface area contributed by atoms with Crippen LogP contribution in [0.3, 0.4) is 0 Å². The minimum absolute atomic E-state index is 0.0466. The third kappa shape index (κ3) is 5.68. The number of benzene rings is 2. The zero-order valence-electron chi connectivity index (χ0n) is 21.1. The summed E-state index contributed by atoms with van der Waals surface area (Å²) in [7, 11) is -2.57. The minimum Gasteiger partial charge on any atom is -0.447 e. The number of ether oxygens (including phenoxy) is 2. The van der Waals surface area contributed by atoms with Crippen LogP contribution in [-0.4, -0.2) is 57.2 Å². The number of rotatable bonds is 8. The molecular formula is C28H37NO5Si. The van der Waals surface area contributed by atoms with Gasteiger partial charge in [0, 0.05) is 6.61 Å². The fraction of sp³-hybridized carbons (Fsp3) is 0.500. The van der Waals surface area contributed by atoms with Crippen molar-refractivity contribution in [3.63, 3.8) is 0 Å². The van der Waals surface area contributed by atoms with Crippen LogP contribution in [-0.2, 0) is 18.7 Å². The molecule has 0 radical (unpaired) electrons. The van der Waals surface area contributed by atoms with Crippen molar-refractivity contribution < 1.29 is 23.5 Å². The van der Waals surface area contributed by atoms with Gasteiger partial charge in [0.2, 0.25) is 5.91 Å². The number of imide groups is 1. The molecule has 0 bridgehead atoms. The van der Waals surface area contributed by atoms with Crippen molar-refractivity contribution in [1.29, 1.82) is 0 Å². The lowest BCUT2D eigenvalue weighted by Crippen LogP contribution is -2.66. The van der Waals surface area contributed by atoms with Crippen LogP contribution in [0.1, 0.15) is 52.9 Å². The molecule has 2 aliphatic heterocycles. The Morgan fingerprint density at radius 2 is 1.60 bits per heavy atom. The van der Waals surface area contributed by atoms with Crippen LogP contribution in [0.4, 0.5) is 4.79 Å². The lowest BCUT2D eigenvalue weighted by atomic mass is 10.00. The number of carbonyl (C=O) groups is 2. The monoisotopic (exact) mass is 495 g/mol. The Morgan fingerprint density at radius 1 is 1.00 bits per heavy atom. The maximum Gasteiger partial charge on any atom is 0.416 e. The highest BCUT2D eigenvalue weighted by Gasteiger charge is 2.50. The van der Waals surface area contributed by atoms with Crippen LogP contribution in [0.15, 0.2) is 60.7 Å². The zero-order valence-corrected chi connectivity index (χ0v) is 22.1. The molecule has 2 aromatic rings. The van der Waals surface area contributed by atoms with Gasteiger partial charge in [0.05, 0.1) is 25.2 Å². The van der Waals surface area contributed by atoms with E-state index in [9.17, 15) is 9.59 Å². The Balaban J connectivity index is 1.44. The fourth-order valence-electron chi connectivity index (χ4n) is 5.37. The lowest BCUT2D eigenvalue weighted by molar-refractivity contribution is -0.134. The van der Waals surface area contributed by atoms with E-state index in [4.69, 9.17) is 13.9 Å². The third-order valence-electron chi connectivity index (χ3n) is 7.08. The summed E-state index contributed by atoms with van der Waals surface area (Å²) in [6.07, 6.45) is 3.14. The molecule has 2 aromatic carbocycles. The van der Waals surface area contributed by atoms with Crippen molar-refractivity contribution in [2.45, 2.75) is 70.1 Å². The second-order valence-corrected chi connectivity index (χ2v) is 14.8. The van der Waals surface area contributed by atoms with Gasteiger partial charge in [0.25, 0.3) is 8.32 Å². The molecule has 2 saturated heterocycles. The molecule has 35 heavy (non-hydrogen) atoms. The first-order valence-electron chi connectivity index (χ1n) is 12.7. The van der Waals surface area contributed by atoms with Gasteiger partial charge in [-0.3, -0.25) is 4.79 Å². The van der Waals surface area contributed by atoms with Crippen molar-refractivity contribution in [1.82, 2.24) is 4.90 Å². The van der Waals surface area contributed by atoms with Gasteiger partial charge in [-0.05, 0) is 41.1 Å². The predicted octanol–water partition coefficient (Wildman–Crippen LogP) is 4.26. The predicted molar refractivity (Wildman–Crippen MR) is 138 cm³/mol. The molecule has 2 aliphatic rings. The molecule has 2 atom stereocenters. The van der Waals surface area contributed by atoms with E-state index in [1.165, 1.54) is 15.3 Å². The quantitative estimate of drug-likeness (QED) is 0.512. The Bertz CT molecular complexity index is 952. The SMILES string of the molecule is CC(C)(C)[Si](OCC[C@H]1CCC[C@@H](CC(=O)N2CCOC2=O)O1)(c1ccccc1)c1ccccc1. The molecule has 2 fully saturated rings. The molecule has 2 heterocycles. The van der Waals surface area contributed by atoms with E-state index >= 15 is 0 Å². The van der Waals surface area contributed by atoms with Crippen LogP contribution < -0.4 is 10.4 Å². The first kappa shape index (κ1) is 25.6. The van der Waals surface area contributed by atoms with Crippen LogP contribution in [0, 0.1) is 0 Å². The molecule has 6 nitrogen and oxygen atoms in total. The first-order valence-corrected chi connectivity index (χ1v) is 14.6. The molecule has 7 heteroatoms. The van der Waals surface area contributed by atoms with Crippen molar-refractivity contribution >= 4 is 30.7 Å². The molecule has 0 saturated carbocycles. The van der Waals surface area contributed by atoms with Gasteiger partial charge in [0.15, 0.2) is 0 Å². The number of hydrogen-bond donors (Lipinski definition) is 0. The normalized spacial score (nSPS) is 21.1. The molecule has 0 aromatic heterocycles. The second-order valence-electron chi connectivity index (χ2n) is 10.5. The van der Waals surface area contributed by atoms with E-state index in [2.05, 4.69) is 81.4 Å². The molecule has 0 unspecified atom stereocenters. The van der Waals surface area contributed by atoms with E-state index < -0.39 is 14.4 Å². The van der Waals surface area contributed by atoms with E-state index in [1.54, 1.807) is 0 Å². The second kappa shape index (κ2) is 11.1. The zero-order chi connectivity index (χ0) is 24.9. The van der Waals surface area contributed by atoms with Crippen LogP contribution in [0.2, 0.25) is 5.04 Å². The van der Waals surface area contributed by atoms with Gasteiger partial charge in [0.1, 0.15) is 6.61 Å². The summed E-state index contributed by atoms with van der Waals surface area (Å²) in [6, 6.07) is 21.3. The third-order valence-corrected chi connectivity index (χ3v) is 12.1. The number of nitrogens with zero attached hydrogens (tertiary/aromatic N) is 1. The van der Waals surface area contributed by atoms with Gasteiger partial charge in [-0.25, -0.2) is 9.69 Å². The van der Waals surface area contributed by atoms with Gasteiger partial charge in [-0.15, -0.1) is 0 Å². The lowest BCUT2D eigenvalue weighted by Gasteiger charge is -2.43. The minimum atomic E-state index is -2.57. The Hall–Kier alpha value is -2.48. The average Bonchev–Trinajstić information content (AvgIpc) is 3.28. The Kier molecular flexibility index (Phi) is 8.09. The van der Waals surface area contributed by atoms with E-state index in [0.717, 1.165) is 25.7 Å². The highest BCUT2D eigenvalue weighted by atomic mass is 28.4. The highest BCUT2D eigenvalue weighted by molar-refractivity contribution is 6.99. The van der Waals surface area contributed by atoms with E-state index in [0.29, 0.717) is 13.2 Å². The maximum atomic E-state index is 12.5. The van der Waals surface area contributed by atoms with Crippen molar-refractivity contribution in [3.8, 4) is 0 Å². The largest absolute Gasteiger partial charge is 0.447 e. The molecule has 0 aliphatic carbocycles. The molecule has 0 spiro atoms. The van der Waals surface area contributed by atoms with Crippen LogP contribution in [0.5, 0.6) is 0 Å². The summed E-state index contributed by atoms with van der Waals surface area (Å²) in [5, 5.41) is 2.47. The number of carbonyl (C=O) groups excluding carboxylic acids is 2. The molecular weight excluding hydrogens is 458 g/mol. The van der Waals surface area contributed by atoms with Gasteiger partial charge >= 0.3 is 6.09 Å².